The van der Waals surface area contributed by atoms with Crippen LogP contribution in [0.5, 0.6) is 0 Å². The third-order valence-electron chi connectivity index (χ3n) is 4.57. The van der Waals surface area contributed by atoms with E-state index in [4.69, 9.17) is 10.2 Å². The Labute approximate surface area is 164 Å². The zero-order valence-electron chi connectivity index (χ0n) is 16.2. The van der Waals surface area contributed by atoms with Crippen LogP contribution in [-0.4, -0.2) is 77.1 Å². The molecule has 6 N–H and O–H groups in total. The van der Waals surface area contributed by atoms with Gasteiger partial charge in [0.2, 0.25) is 0 Å². The van der Waals surface area contributed by atoms with Gasteiger partial charge in [0.1, 0.15) is 18.3 Å². The van der Waals surface area contributed by atoms with Crippen molar-refractivity contribution in [3.05, 3.63) is 44.1 Å². The van der Waals surface area contributed by atoms with Gasteiger partial charge in [0, 0.05) is 7.11 Å². The number of aromatic nitrogens is 4. The third kappa shape index (κ3) is 4.49. The van der Waals surface area contributed by atoms with E-state index >= 15 is 0 Å². The molecule has 0 unspecified atom stereocenters. The molecule has 11 nitrogen and oxygen atoms in total. The number of aliphatic hydroxyl groups excluding tert-OH is 5. The van der Waals surface area contributed by atoms with Crippen LogP contribution in [0.2, 0.25) is 0 Å². The molecule has 0 aliphatic carbocycles. The molecule has 0 aromatic heterocycles. The average molecular weight is 408 g/mol. The molecule has 0 saturated heterocycles. The minimum Gasteiger partial charge on any atom is -0.400 e. The summed E-state index contributed by atoms with van der Waals surface area (Å²) >= 11 is 0. The molecule has 3 rings (SSSR count). The van der Waals surface area contributed by atoms with Crippen molar-refractivity contribution in [3.63, 3.8) is 0 Å². The minimum atomic E-state index is -1.64. The lowest BCUT2D eigenvalue weighted by atomic mass is 10.1. The van der Waals surface area contributed by atoms with E-state index in [1.54, 1.807) is 12.1 Å². The topological polar surface area (TPSA) is 182 Å². The largest absolute Gasteiger partial charge is 0.400 e. The molecule has 2 aliphatic rings. The van der Waals surface area contributed by atoms with Crippen molar-refractivity contribution in [1.82, 2.24) is 19.5 Å². The van der Waals surface area contributed by atoms with Gasteiger partial charge >= 0.3 is 5.69 Å². The van der Waals surface area contributed by atoms with E-state index in [1.807, 2.05) is 13.8 Å². The second-order valence-electron chi connectivity index (χ2n) is 6.50. The molecule has 0 spiro atoms. The van der Waals surface area contributed by atoms with Gasteiger partial charge in [-0.3, -0.25) is 9.78 Å². The van der Waals surface area contributed by atoms with Crippen LogP contribution in [-0.2, 0) is 6.54 Å². The number of rotatable bonds is 5. The molecule has 29 heavy (non-hydrogen) atoms. The maximum Gasteiger partial charge on any atom is 0.349 e. The Morgan fingerprint density at radius 1 is 1.03 bits per heavy atom. The summed E-state index contributed by atoms with van der Waals surface area (Å²) in [6.45, 7) is 2.73. The summed E-state index contributed by atoms with van der Waals surface area (Å²) in [5.41, 5.74) is 1.11. The predicted octanol–water partition coefficient (Wildman–Crippen LogP) is -2.12. The second-order valence-corrected chi connectivity index (χ2v) is 6.50. The Morgan fingerprint density at radius 2 is 1.66 bits per heavy atom. The van der Waals surface area contributed by atoms with Crippen molar-refractivity contribution >= 4 is 11.0 Å². The minimum absolute atomic E-state index is 0.0516. The Hall–Kier alpha value is -2.70. The Kier molecular flexibility index (Phi) is 7.16. The Bertz CT molecular complexity index is 1080. The van der Waals surface area contributed by atoms with E-state index in [0.717, 1.165) is 18.2 Å². The zero-order valence-corrected chi connectivity index (χ0v) is 16.2. The molecule has 2 heterocycles. The average Bonchev–Trinajstić information content (AvgIpc) is 2.70. The summed E-state index contributed by atoms with van der Waals surface area (Å²) < 4.78 is 1.40. The Balaban J connectivity index is 0.00000145. The lowest BCUT2D eigenvalue weighted by Gasteiger charge is -2.25. The van der Waals surface area contributed by atoms with Gasteiger partial charge in [0.05, 0.1) is 24.2 Å². The zero-order chi connectivity index (χ0) is 21.9. The van der Waals surface area contributed by atoms with Crippen molar-refractivity contribution in [2.45, 2.75) is 38.7 Å². The second kappa shape index (κ2) is 9.20. The van der Waals surface area contributed by atoms with Gasteiger partial charge in [-0.25, -0.2) is 9.78 Å². The van der Waals surface area contributed by atoms with Gasteiger partial charge in [0.25, 0.3) is 5.56 Å². The quantitative estimate of drug-likeness (QED) is 0.257. The number of aliphatic hydroxyl groups is 5. The number of nitrogens with zero attached hydrogens (tertiary/aromatic N) is 3. The highest BCUT2D eigenvalue weighted by Gasteiger charge is 2.27. The monoisotopic (exact) mass is 408 g/mol. The molecule has 0 bridgehead atoms. The first-order chi connectivity index (χ1) is 13.7. The molecule has 0 radical (unpaired) electrons. The van der Waals surface area contributed by atoms with Gasteiger partial charge < -0.3 is 30.1 Å². The molecule has 11 heteroatoms. The maximum atomic E-state index is 12.2. The molecule has 1 aromatic rings. The van der Waals surface area contributed by atoms with Crippen LogP contribution in [0.1, 0.15) is 11.1 Å². The van der Waals surface area contributed by atoms with Crippen LogP contribution in [0.3, 0.4) is 0 Å². The van der Waals surface area contributed by atoms with Crippen molar-refractivity contribution in [1.29, 1.82) is 0 Å². The smallest absolute Gasteiger partial charge is 0.349 e. The lowest BCUT2D eigenvalue weighted by Crippen LogP contribution is -2.42. The van der Waals surface area contributed by atoms with Gasteiger partial charge in [-0.05, 0) is 37.1 Å². The van der Waals surface area contributed by atoms with Crippen LogP contribution in [0.15, 0.2) is 21.7 Å². The van der Waals surface area contributed by atoms with Crippen LogP contribution in [0, 0.1) is 13.8 Å². The first-order valence-electron chi connectivity index (χ1n) is 8.74. The fraction of sp³-hybridized carbons (Fsp3) is 0.444. The van der Waals surface area contributed by atoms with Crippen molar-refractivity contribution in [3.8, 4) is 11.5 Å². The molecular formula is C18H24N4O7. The van der Waals surface area contributed by atoms with Gasteiger partial charge in [0.15, 0.2) is 11.5 Å². The van der Waals surface area contributed by atoms with E-state index in [2.05, 4.69) is 15.0 Å². The summed E-state index contributed by atoms with van der Waals surface area (Å²) in [5.74, 6) is -0.0516. The van der Waals surface area contributed by atoms with E-state index in [9.17, 15) is 24.9 Å². The van der Waals surface area contributed by atoms with E-state index < -0.39 is 36.2 Å². The molecule has 2 aliphatic heterocycles. The number of benzene rings is 1. The summed E-state index contributed by atoms with van der Waals surface area (Å²) in [7, 11) is 1.00. The van der Waals surface area contributed by atoms with Crippen LogP contribution in [0.25, 0.3) is 22.6 Å². The lowest BCUT2D eigenvalue weighted by molar-refractivity contribution is -0.0802. The van der Waals surface area contributed by atoms with Crippen LogP contribution < -0.4 is 11.2 Å². The first-order valence-corrected chi connectivity index (χ1v) is 8.74. The van der Waals surface area contributed by atoms with E-state index in [1.165, 1.54) is 4.57 Å². The fourth-order valence-electron chi connectivity index (χ4n) is 2.89. The molecule has 158 valence electrons. The SMILES string of the molecule is CO.Cc1cc2nc3c(=O)[nH]c(=O)nc-3n(C[C@@H](O)[C@@H](O)[C@@H](O)CO)c2cc1C. The third-order valence-corrected chi connectivity index (χ3v) is 4.57. The molecule has 0 amide bonds. The summed E-state index contributed by atoms with van der Waals surface area (Å²) in [4.78, 5) is 34.0. The number of aryl methyl sites for hydroxylation is 2. The number of aromatic amines is 1. The number of nitrogens with one attached hydrogen (secondary N) is 1. The number of hydrogen-bond acceptors (Lipinski definition) is 9. The summed E-state index contributed by atoms with van der Waals surface area (Å²) in [6, 6.07) is 3.53. The summed E-state index contributed by atoms with van der Waals surface area (Å²) in [5, 5.41) is 45.8. The van der Waals surface area contributed by atoms with Crippen LogP contribution in [0.4, 0.5) is 0 Å². The number of hydrogen-bond donors (Lipinski definition) is 6. The Morgan fingerprint density at radius 3 is 2.28 bits per heavy atom. The number of H-pyrrole nitrogens is 1. The standard InChI is InChI=1S/C17H20N4O6.CH4O/c1-7-3-9-10(4-8(7)2)21(5-11(23)14(25)12(24)6-22)15-13(18-9)16(26)20-17(27)19-15;1-2/h3-4,11-12,14,22-25H,5-6H2,1-2H3,(H,20,26,27);2H,1H3/t11-,12+,14-;/m1./s1. The van der Waals surface area contributed by atoms with Gasteiger partial charge in [-0.15, -0.1) is 0 Å². The molecule has 1 aromatic carbocycles. The highest BCUT2D eigenvalue weighted by atomic mass is 16.4. The van der Waals surface area contributed by atoms with E-state index in [-0.39, 0.29) is 18.1 Å². The highest BCUT2D eigenvalue weighted by molar-refractivity contribution is 5.81. The number of fused-ring (bicyclic) bond motifs is 2. The normalized spacial score (nSPS) is 14.3. The first kappa shape index (κ1) is 22.6. The molecule has 3 atom stereocenters. The summed E-state index contributed by atoms with van der Waals surface area (Å²) in [6.07, 6.45) is -4.68. The molecule has 0 fully saturated rings. The molecule has 0 saturated carbocycles. The van der Waals surface area contributed by atoms with Crippen molar-refractivity contribution in [2.75, 3.05) is 13.7 Å². The fourth-order valence-corrected chi connectivity index (χ4v) is 2.89. The van der Waals surface area contributed by atoms with Gasteiger partial charge in [-0.2, -0.15) is 4.98 Å². The van der Waals surface area contributed by atoms with Gasteiger partial charge in [-0.1, -0.05) is 0 Å². The van der Waals surface area contributed by atoms with E-state index in [0.29, 0.717) is 11.0 Å². The molecular weight excluding hydrogens is 384 g/mol. The van der Waals surface area contributed by atoms with Crippen molar-refractivity contribution in [2.24, 2.45) is 0 Å². The van der Waals surface area contributed by atoms with Crippen LogP contribution >= 0.6 is 0 Å². The highest BCUT2D eigenvalue weighted by Crippen LogP contribution is 2.24. The van der Waals surface area contributed by atoms with Crippen molar-refractivity contribution < 1.29 is 25.5 Å². The maximum absolute atomic E-state index is 12.2. The predicted molar refractivity (Wildman–Crippen MR) is 104 cm³/mol.